The van der Waals surface area contributed by atoms with E-state index in [1.807, 2.05) is 4.90 Å². The normalized spacial score (nSPS) is 21.2. The zero-order valence-corrected chi connectivity index (χ0v) is 15.2. The summed E-state index contributed by atoms with van der Waals surface area (Å²) in [6.07, 6.45) is -0.613. The molecule has 0 bridgehead atoms. The Hall–Kier alpha value is -1.70. The Kier molecular flexibility index (Phi) is 8.28. The van der Waals surface area contributed by atoms with Gasteiger partial charge in [-0.05, 0) is 38.6 Å². The van der Waals surface area contributed by atoms with Crippen LogP contribution in [0.2, 0.25) is 0 Å². The average molecular weight is 360 g/mol. The number of aromatic nitrogens is 2. The third-order valence-electron chi connectivity index (χ3n) is 4.35. The third kappa shape index (κ3) is 7.37. The minimum atomic E-state index is -4.37. The molecule has 1 N–H and O–H groups in total. The quantitative estimate of drug-likeness (QED) is 0.897. The van der Waals surface area contributed by atoms with Crippen molar-refractivity contribution in [3.63, 3.8) is 0 Å². The van der Waals surface area contributed by atoms with Gasteiger partial charge in [0.2, 0.25) is 5.95 Å². The van der Waals surface area contributed by atoms with Gasteiger partial charge in [-0.15, -0.1) is 0 Å². The molecule has 1 aliphatic rings. The molecule has 142 valence electrons. The minimum Gasteiger partial charge on any atom is -0.341 e. The molecule has 25 heavy (non-hydrogen) atoms. The maximum Gasteiger partial charge on any atom is 0.419 e. The van der Waals surface area contributed by atoms with Crippen LogP contribution in [0.3, 0.4) is 0 Å². The summed E-state index contributed by atoms with van der Waals surface area (Å²) in [5, 5.41) is 2.72. The predicted molar refractivity (Wildman–Crippen MR) is 91.4 cm³/mol. The number of Topliss-reactive ketones (excluding diaryl/α,β-unsaturated/α-hetero) is 1. The second-order valence-corrected chi connectivity index (χ2v) is 6.52. The average Bonchev–Trinajstić information content (AvgIpc) is 2.70. The van der Waals surface area contributed by atoms with Crippen molar-refractivity contribution in [1.82, 2.24) is 15.3 Å². The Morgan fingerprint density at radius 1 is 1.20 bits per heavy atom. The second kappa shape index (κ2) is 9.70. The molecule has 0 radical (unpaired) electrons. The van der Waals surface area contributed by atoms with Crippen molar-refractivity contribution < 1.29 is 18.0 Å². The molecule has 1 fully saturated rings. The van der Waals surface area contributed by atoms with E-state index in [0.717, 1.165) is 38.3 Å². The van der Waals surface area contributed by atoms with Crippen molar-refractivity contribution in [2.75, 3.05) is 31.6 Å². The van der Waals surface area contributed by atoms with Crippen molar-refractivity contribution in [2.24, 2.45) is 11.8 Å². The van der Waals surface area contributed by atoms with Crippen LogP contribution in [0.5, 0.6) is 0 Å². The molecular formula is C17H27F3N4O. The monoisotopic (exact) mass is 360 g/mol. The maximum atomic E-state index is 12.4. The van der Waals surface area contributed by atoms with Crippen LogP contribution in [-0.4, -0.2) is 42.4 Å². The SMILES string of the molecule is CC1CCN(c2ncc(C(F)(F)F)cn2)CCC1C.CNCC(C)=O. The van der Waals surface area contributed by atoms with Crippen LogP contribution in [0.1, 0.15) is 39.2 Å². The Bertz CT molecular complexity index is 522. The summed E-state index contributed by atoms with van der Waals surface area (Å²) in [5.41, 5.74) is -0.798. The maximum absolute atomic E-state index is 12.4. The first-order valence-corrected chi connectivity index (χ1v) is 8.43. The number of anilines is 1. The van der Waals surface area contributed by atoms with Gasteiger partial charge in [-0.1, -0.05) is 13.8 Å². The van der Waals surface area contributed by atoms with Crippen LogP contribution in [0.25, 0.3) is 0 Å². The van der Waals surface area contributed by atoms with E-state index in [4.69, 9.17) is 0 Å². The first kappa shape index (κ1) is 21.3. The zero-order chi connectivity index (χ0) is 19.0. The number of likely N-dealkylation sites (N-methyl/N-ethyl adjacent to an activating group) is 1. The fraction of sp³-hybridized carbons (Fsp3) is 0.706. The number of nitrogens with one attached hydrogen (secondary N) is 1. The first-order valence-electron chi connectivity index (χ1n) is 8.43. The smallest absolute Gasteiger partial charge is 0.341 e. The lowest BCUT2D eigenvalue weighted by Crippen LogP contribution is -2.26. The van der Waals surface area contributed by atoms with E-state index in [2.05, 4.69) is 29.1 Å². The molecule has 8 heteroatoms. The number of rotatable bonds is 3. The lowest BCUT2D eigenvalue weighted by atomic mass is 9.92. The molecule has 0 saturated carbocycles. The summed E-state index contributed by atoms with van der Waals surface area (Å²) in [6.45, 7) is 8.06. The Balaban J connectivity index is 0.000000450. The number of ketones is 1. The van der Waals surface area contributed by atoms with Crippen LogP contribution in [-0.2, 0) is 11.0 Å². The number of hydrogen-bond donors (Lipinski definition) is 1. The largest absolute Gasteiger partial charge is 0.419 e. The fourth-order valence-electron chi connectivity index (χ4n) is 2.48. The van der Waals surface area contributed by atoms with E-state index in [9.17, 15) is 18.0 Å². The van der Waals surface area contributed by atoms with Crippen molar-refractivity contribution >= 4 is 11.7 Å². The van der Waals surface area contributed by atoms with Gasteiger partial charge in [0.25, 0.3) is 0 Å². The van der Waals surface area contributed by atoms with E-state index < -0.39 is 11.7 Å². The van der Waals surface area contributed by atoms with Crippen molar-refractivity contribution in [2.45, 2.75) is 39.8 Å². The van der Waals surface area contributed by atoms with Crippen LogP contribution < -0.4 is 10.2 Å². The summed E-state index contributed by atoms with van der Waals surface area (Å²) in [5.74, 6) is 1.82. The molecule has 0 aromatic carbocycles. The molecule has 0 amide bonds. The number of nitrogens with zero attached hydrogens (tertiary/aromatic N) is 3. The molecule has 0 aliphatic carbocycles. The molecule has 2 unspecified atom stereocenters. The number of alkyl halides is 3. The van der Waals surface area contributed by atoms with Gasteiger partial charge in [0.15, 0.2) is 0 Å². The minimum absolute atomic E-state index is 0.178. The lowest BCUT2D eigenvalue weighted by molar-refractivity contribution is -0.138. The van der Waals surface area contributed by atoms with Gasteiger partial charge in [-0.25, -0.2) is 9.97 Å². The second-order valence-electron chi connectivity index (χ2n) is 6.52. The highest BCUT2D eigenvalue weighted by Gasteiger charge is 2.31. The topological polar surface area (TPSA) is 58.1 Å². The van der Waals surface area contributed by atoms with Gasteiger partial charge >= 0.3 is 6.18 Å². The third-order valence-corrected chi connectivity index (χ3v) is 4.35. The summed E-state index contributed by atoms with van der Waals surface area (Å²) >= 11 is 0. The summed E-state index contributed by atoms with van der Waals surface area (Å²) in [7, 11) is 1.75. The number of carbonyl (C=O) groups is 1. The van der Waals surface area contributed by atoms with Gasteiger partial charge in [0.1, 0.15) is 5.78 Å². The summed E-state index contributed by atoms with van der Waals surface area (Å²) < 4.78 is 37.3. The van der Waals surface area contributed by atoms with Gasteiger partial charge in [-0.3, -0.25) is 4.79 Å². The predicted octanol–water partition coefficient (Wildman–Crippen LogP) is 3.16. The standard InChI is InChI=1S/C13H18F3N3.C4H9NO/c1-9-3-5-19(6-4-10(9)2)12-17-7-11(8-18-12)13(14,15)16;1-4(6)3-5-2/h7-10H,3-6H2,1-2H3;5H,3H2,1-2H3. The number of hydrogen-bond acceptors (Lipinski definition) is 5. The summed E-state index contributed by atoms with van der Waals surface area (Å²) in [4.78, 5) is 19.7. The number of carbonyl (C=O) groups excluding carboxylic acids is 1. The molecule has 1 aromatic heterocycles. The zero-order valence-electron chi connectivity index (χ0n) is 15.2. The van der Waals surface area contributed by atoms with Gasteiger partial charge in [-0.2, -0.15) is 13.2 Å². The first-order chi connectivity index (χ1) is 11.6. The molecule has 1 aromatic rings. The van der Waals surface area contributed by atoms with Crippen LogP contribution in [0.15, 0.2) is 12.4 Å². The van der Waals surface area contributed by atoms with E-state index >= 15 is 0 Å². The highest BCUT2D eigenvalue weighted by molar-refractivity contribution is 5.77. The van der Waals surface area contributed by atoms with Crippen molar-refractivity contribution in [3.05, 3.63) is 18.0 Å². The van der Waals surface area contributed by atoms with Crippen LogP contribution >= 0.6 is 0 Å². The number of halogens is 3. The van der Waals surface area contributed by atoms with E-state index in [1.54, 1.807) is 14.0 Å². The highest BCUT2D eigenvalue weighted by Crippen LogP contribution is 2.29. The molecular weight excluding hydrogens is 333 g/mol. The van der Waals surface area contributed by atoms with E-state index in [1.165, 1.54) is 0 Å². The van der Waals surface area contributed by atoms with E-state index in [-0.39, 0.29) is 5.78 Å². The van der Waals surface area contributed by atoms with Gasteiger partial charge < -0.3 is 10.2 Å². The van der Waals surface area contributed by atoms with Gasteiger partial charge in [0, 0.05) is 25.5 Å². The Morgan fingerprint density at radius 2 is 1.68 bits per heavy atom. The van der Waals surface area contributed by atoms with Gasteiger partial charge in [0.05, 0.1) is 12.1 Å². The molecule has 1 aliphatic heterocycles. The molecule has 2 heterocycles. The molecule has 2 rings (SSSR count). The van der Waals surface area contributed by atoms with Crippen LogP contribution in [0, 0.1) is 11.8 Å². The molecule has 1 saturated heterocycles. The van der Waals surface area contributed by atoms with Crippen molar-refractivity contribution in [3.8, 4) is 0 Å². The Labute approximate surface area is 147 Å². The molecule has 5 nitrogen and oxygen atoms in total. The van der Waals surface area contributed by atoms with Crippen molar-refractivity contribution in [1.29, 1.82) is 0 Å². The fourth-order valence-corrected chi connectivity index (χ4v) is 2.48. The molecule has 2 atom stereocenters. The summed E-state index contributed by atoms with van der Waals surface area (Å²) in [6, 6.07) is 0. The van der Waals surface area contributed by atoms with E-state index in [0.29, 0.717) is 24.3 Å². The Morgan fingerprint density at radius 3 is 2.00 bits per heavy atom. The molecule has 0 spiro atoms. The highest BCUT2D eigenvalue weighted by atomic mass is 19.4. The lowest BCUT2D eigenvalue weighted by Gasteiger charge is -2.20. The van der Waals surface area contributed by atoms with Crippen LogP contribution in [0.4, 0.5) is 19.1 Å².